The number of hydrogen-bond acceptors (Lipinski definition) is 7. The second kappa shape index (κ2) is 4.47. The van der Waals surface area contributed by atoms with E-state index in [0.717, 1.165) is 16.8 Å². The zero-order valence-electron chi connectivity index (χ0n) is 8.32. The molecule has 2 rings (SSSR count). The van der Waals surface area contributed by atoms with Crippen molar-refractivity contribution in [3.8, 4) is 0 Å². The minimum Gasteiger partial charge on any atom is -0.481 e. The standard InChI is InChI=1S/C8H7N3O5S/c12-8(13)4-17-6-1-2-7(11(14)15)10-5(6)3-9-16-10/h1-3,9H,4H2,(H,12,13). The Kier molecular flexibility index (Phi) is 3.02. The molecule has 0 radical (unpaired) electrons. The molecule has 0 bridgehead atoms. The van der Waals surface area contributed by atoms with E-state index in [9.17, 15) is 14.9 Å². The minimum absolute atomic E-state index is 0.126. The number of hydrogen-bond donors (Lipinski definition) is 2. The van der Waals surface area contributed by atoms with Gasteiger partial charge in [-0.2, -0.15) is 0 Å². The summed E-state index contributed by atoms with van der Waals surface area (Å²) in [5.74, 6) is -1.32. The van der Waals surface area contributed by atoms with Gasteiger partial charge in [-0.05, 0) is 16.1 Å². The van der Waals surface area contributed by atoms with Crippen molar-refractivity contribution < 1.29 is 19.8 Å². The molecule has 9 heteroatoms. The van der Waals surface area contributed by atoms with Gasteiger partial charge in [-0.25, -0.2) is 5.48 Å². The summed E-state index contributed by atoms with van der Waals surface area (Å²) in [6, 6.07) is 0. The summed E-state index contributed by atoms with van der Waals surface area (Å²) in [5, 5.41) is 20.3. The summed E-state index contributed by atoms with van der Waals surface area (Å²) in [7, 11) is 0. The smallest absolute Gasteiger partial charge is 0.355 e. The van der Waals surface area contributed by atoms with Crippen LogP contribution < -0.4 is 5.48 Å². The summed E-state index contributed by atoms with van der Waals surface area (Å²) < 4.78 is 0. The summed E-state index contributed by atoms with van der Waals surface area (Å²) in [5.41, 5.74) is 2.81. The first-order chi connectivity index (χ1) is 8.09. The third-order valence-corrected chi connectivity index (χ3v) is 2.99. The van der Waals surface area contributed by atoms with E-state index in [1.807, 2.05) is 0 Å². The number of hydroxylamine groups is 3. The van der Waals surface area contributed by atoms with Crippen molar-refractivity contribution in [2.24, 2.45) is 0 Å². The maximum atomic E-state index is 10.7. The Labute approximate surface area is 99.3 Å². The fourth-order valence-corrected chi connectivity index (χ4v) is 2.02. The van der Waals surface area contributed by atoms with Gasteiger partial charge in [0.15, 0.2) is 5.70 Å². The molecular formula is C8H7N3O5S. The fraction of sp³-hybridized carbons (Fsp3) is 0.125. The monoisotopic (exact) mass is 257 g/mol. The number of nitrogens with one attached hydrogen (secondary N) is 1. The van der Waals surface area contributed by atoms with E-state index in [1.165, 1.54) is 18.4 Å². The Bertz CT molecular complexity index is 470. The molecule has 2 N–H and O–H groups in total. The van der Waals surface area contributed by atoms with Crippen molar-refractivity contribution in [2.75, 3.05) is 5.75 Å². The summed E-state index contributed by atoms with van der Waals surface area (Å²) >= 11 is 1.06. The van der Waals surface area contributed by atoms with Crippen LogP contribution in [0.5, 0.6) is 0 Å². The number of carboxylic acids is 1. The first-order valence-electron chi connectivity index (χ1n) is 4.43. The topological polar surface area (TPSA) is 105 Å². The van der Waals surface area contributed by atoms with Gasteiger partial charge in [-0.3, -0.25) is 4.79 Å². The number of allylic oxidation sites excluding steroid dienone is 2. The molecule has 0 unspecified atom stereocenters. The van der Waals surface area contributed by atoms with Gasteiger partial charge >= 0.3 is 11.8 Å². The normalized spacial score (nSPS) is 17.6. The van der Waals surface area contributed by atoms with Crippen LogP contribution in [0.25, 0.3) is 0 Å². The van der Waals surface area contributed by atoms with Gasteiger partial charge < -0.3 is 15.2 Å². The average molecular weight is 257 g/mol. The summed E-state index contributed by atoms with van der Waals surface area (Å²) in [4.78, 5) is 26.0. The van der Waals surface area contributed by atoms with Crippen LogP contribution in [-0.4, -0.2) is 26.8 Å². The molecule has 0 atom stereocenters. The first-order valence-corrected chi connectivity index (χ1v) is 5.42. The van der Waals surface area contributed by atoms with Crippen LogP contribution in [0.15, 0.2) is 34.8 Å². The number of nitrogens with zero attached hydrogens (tertiary/aromatic N) is 2. The Morgan fingerprint density at radius 3 is 3.06 bits per heavy atom. The maximum absolute atomic E-state index is 10.7. The third-order valence-electron chi connectivity index (χ3n) is 1.94. The van der Waals surface area contributed by atoms with Crippen LogP contribution in [0.3, 0.4) is 0 Å². The molecule has 0 aliphatic carbocycles. The van der Waals surface area contributed by atoms with Crippen LogP contribution in [-0.2, 0) is 9.73 Å². The SMILES string of the molecule is O=C(O)CSC1=CC=C([N+](=O)[O-])N2ONC=C12. The minimum atomic E-state index is -0.959. The van der Waals surface area contributed by atoms with Crippen LogP contribution in [0.2, 0.25) is 0 Å². The first kappa shape index (κ1) is 11.5. The predicted octanol–water partition coefficient (Wildman–Crippen LogP) is 0.413. The van der Waals surface area contributed by atoms with Crippen LogP contribution >= 0.6 is 11.8 Å². The van der Waals surface area contributed by atoms with Gasteiger partial charge in [-0.1, -0.05) is 4.94 Å². The molecule has 0 aromatic heterocycles. The zero-order chi connectivity index (χ0) is 12.4. The largest absolute Gasteiger partial charge is 0.481 e. The molecule has 2 aliphatic heterocycles. The lowest BCUT2D eigenvalue weighted by Gasteiger charge is -2.16. The highest BCUT2D eigenvalue weighted by atomic mass is 32.2. The van der Waals surface area contributed by atoms with E-state index < -0.39 is 10.9 Å². The second-order valence-corrected chi connectivity index (χ2v) is 4.05. The molecular weight excluding hydrogens is 250 g/mol. The highest BCUT2D eigenvalue weighted by molar-refractivity contribution is 8.03. The number of thioether (sulfide) groups is 1. The van der Waals surface area contributed by atoms with Crippen molar-refractivity contribution in [3.05, 3.63) is 44.9 Å². The molecule has 0 fully saturated rings. The highest BCUT2D eigenvalue weighted by Crippen LogP contribution is 2.34. The van der Waals surface area contributed by atoms with Gasteiger partial charge in [-0.15, -0.1) is 11.8 Å². The molecule has 0 saturated carbocycles. The number of fused-ring (bicyclic) bond motifs is 1. The Morgan fingerprint density at radius 2 is 2.41 bits per heavy atom. The van der Waals surface area contributed by atoms with E-state index in [1.54, 1.807) is 0 Å². The Hall–Kier alpha value is -2.00. The van der Waals surface area contributed by atoms with Crippen LogP contribution in [0, 0.1) is 10.1 Å². The predicted molar refractivity (Wildman–Crippen MR) is 57.4 cm³/mol. The molecule has 2 heterocycles. The summed E-state index contributed by atoms with van der Waals surface area (Å²) in [6.07, 6.45) is 4.18. The van der Waals surface area contributed by atoms with E-state index in [0.29, 0.717) is 10.6 Å². The van der Waals surface area contributed by atoms with Crippen molar-refractivity contribution in [3.63, 3.8) is 0 Å². The third kappa shape index (κ3) is 2.24. The van der Waals surface area contributed by atoms with Crippen molar-refractivity contribution in [1.29, 1.82) is 0 Å². The maximum Gasteiger partial charge on any atom is 0.355 e. The lowest BCUT2D eigenvalue weighted by atomic mass is 10.3. The lowest BCUT2D eigenvalue weighted by Crippen LogP contribution is -2.27. The number of rotatable bonds is 4. The fourth-order valence-electron chi connectivity index (χ4n) is 1.28. The zero-order valence-corrected chi connectivity index (χ0v) is 9.14. The van der Waals surface area contributed by atoms with Gasteiger partial charge in [0.05, 0.1) is 16.9 Å². The van der Waals surface area contributed by atoms with E-state index in [2.05, 4.69) is 5.48 Å². The number of carboxylic acid groups (broad SMARTS) is 1. The summed E-state index contributed by atoms with van der Waals surface area (Å²) in [6.45, 7) is 0. The van der Waals surface area contributed by atoms with Crippen molar-refractivity contribution in [2.45, 2.75) is 0 Å². The van der Waals surface area contributed by atoms with Crippen LogP contribution in [0.1, 0.15) is 0 Å². The number of nitro groups is 1. The van der Waals surface area contributed by atoms with Gasteiger partial charge in [0.1, 0.15) is 0 Å². The molecule has 8 nitrogen and oxygen atoms in total. The Balaban J connectivity index is 2.22. The second-order valence-electron chi connectivity index (χ2n) is 3.03. The molecule has 0 spiro atoms. The van der Waals surface area contributed by atoms with E-state index >= 15 is 0 Å². The highest BCUT2D eigenvalue weighted by Gasteiger charge is 2.37. The van der Waals surface area contributed by atoms with E-state index in [-0.39, 0.29) is 11.6 Å². The molecule has 17 heavy (non-hydrogen) atoms. The van der Waals surface area contributed by atoms with Crippen molar-refractivity contribution >= 4 is 17.7 Å². The van der Waals surface area contributed by atoms with Crippen LogP contribution in [0.4, 0.5) is 0 Å². The quantitative estimate of drug-likeness (QED) is 0.551. The lowest BCUT2D eigenvalue weighted by molar-refractivity contribution is -0.465. The molecule has 90 valence electrons. The number of aliphatic carboxylic acids is 1. The molecule has 0 amide bonds. The van der Waals surface area contributed by atoms with E-state index in [4.69, 9.17) is 10.0 Å². The molecule has 0 aromatic rings. The number of carbonyl (C=O) groups is 1. The Morgan fingerprint density at radius 1 is 1.65 bits per heavy atom. The molecule has 0 aromatic carbocycles. The average Bonchev–Trinajstić information content (AvgIpc) is 2.73. The van der Waals surface area contributed by atoms with Gasteiger partial charge in [0, 0.05) is 6.08 Å². The molecule has 2 aliphatic rings. The molecule has 0 saturated heterocycles. The van der Waals surface area contributed by atoms with Gasteiger partial charge in [0.25, 0.3) is 0 Å². The van der Waals surface area contributed by atoms with Gasteiger partial charge in [0.2, 0.25) is 0 Å². The van der Waals surface area contributed by atoms with Crippen molar-refractivity contribution in [1.82, 2.24) is 10.5 Å².